The van der Waals surface area contributed by atoms with Gasteiger partial charge in [0.05, 0.1) is 12.2 Å². The van der Waals surface area contributed by atoms with Gasteiger partial charge in [0.25, 0.3) is 0 Å². The number of hydrogen-bond donors (Lipinski definition) is 3. The van der Waals surface area contributed by atoms with Crippen molar-refractivity contribution in [3.05, 3.63) is 11.6 Å². The van der Waals surface area contributed by atoms with E-state index in [1.54, 1.807) is 6.33 Å². The monoisotopic (exact) mass is 419 g/mol. The molecule has 1 unspecified atom stereocenters. The Morgan fingerprint density at radius 1 is 1.24 bits per heavy atom. The van der Waals surface area contributed by atoms with Crippen LogP contribution in [0.3, 0.4) is 0 Å². The second kappa shape index (κ2) is 7.40. The number of aromatic amines is 1. The van der Waals surface area contributed by atoms with Gasteiger partial charge in [0, 0.05) is 30.2 Å². The highest BCUT2D eigenvalue weighted by Gasteiger charge is 2.39. The molecule has 0 radical (unpaired) electrons. The molecule has 0 saturated carbocycles. The van der Waals surface area contributed by atoms with Gasteiger partial charge in [-0.2, -0.15) is 9.97 Å². The lowest BCUT2D eigenvalue weighted by molar-refractivity contribution is -0.126. The Morgan fingerprint density at radius 2 is 1.97 bits per heavy atom. The zero-order chi connectivity index (χ0) is 20.8. The maximum atomic E-state index is 13.1. The third-order valence-corrected chi connectivity index (χ3v) is 6.04. The second-order valence-corrected chi connectivity index (χ2v) is 10.0. The number of nitrogens with zero attached hydrogens (tertiary/aromatic N) is 4. The molecule has 3 N–H and O–H groups in total. The van der Waals surface area contributed by atoms with Crippen LogP contribution in [0.5, 0.6) is 0 Å². The average Bonchev–Trinajstić information content (AvgIpc) is 3.06. The minimum absolute atomic E-state index is 0.00221. The van der Waals surface area contributed by atoms with Crippen LogP contribution in [0.1, 0.15) is 53.4 Å². The van der Waals surface area contributed by atoms with E-state index in [0.717, 1.165) is 43.6 Å². The van der Waals surface area contributed by atoms with Crippen LogP contribution in [0.25, 0.3) is 11.2 Å². The molecule has 2 fully saturated rings. The van der Waals surface area contributed by atoms with Crippen LogP contribution in [-0.4, -0.2) is 56.1 Å². The Morgan fingerprint density at radius 3 is 2.69 bits per heavy atom. The standard InChI is InChI=1S/C20H30ClN7O/c1-19(2)8-13(9-20(3,4)27-19)24-17(29)12-6-5-7-28(10-12)16-14-15(23-11-22-14)25-18(21)26-16/h11-13,27H,5-10H2,1-4H3,(H,24,29)(H,22,23,25,26). The molecule has 2 aliphatic rings. The van der Waals surface area contributed by atoms with E-state index in [1.165, 1.54) is 0 Å². The maximum Gasteiger partial charge on any atom is 0.226 e. The van der Waals surface area contributed by atoms with Crippen molar-refractivity contribution in [1.29, 1.82) is 0 Å². The fourth-order valence-corrected chi connectivity index (χ4v) is 5.31. The highest BCUT2D eigenvalue weighted by molar-refractivity contribution is 6.28. The van der Waals surface area contributed by atoms with Gasteiger partial charge in [0.15, 0.2) is 11.5 Å². The van der Waals surface area contributed by atoms with Crippen molar-refractivity contribution in [1.82, 2.24) is 30.6 Å². The Balaban J connectivity index is 1.47. The first kappa shape index (κ1) is 20.3. The quantitative estimate of drug-likeness (QED) is 0.661. The lowest BCUT2D eigenvalue weighted by Gasteiger charge is -2.47. The summed E-state index contributed by atoms with van der Waals surface area (Å²) in [4.78, 5) is 31.1. The van der Waals surface area contributed by atoms with Crippen molar-refractivity contribution in [3.8, 4) is 0 Å². The summed E-state index contributed by atoms with van der Waals surface area (Å²) < 4.78 is 0. The van der Waals surface area contributed by atoms with Crippen molar-refractivity contribution in [2.45, 2.75) is 70.5 Å². The van der Waals surface area contributed by atoms with Crippen LogP contribution in [0.15, 0.2) is 6.33 Å². The first-order valence-corrected chi connectivity index (χ1v) is 10.7. The molecule has 158 valence electrons. The Kier molecular flexibility index (Phi) is 5.19. The van der Waals surface area contributed by atoms with Crippen LogP contribution in [0.4, 0.5) is 5.82 Å². The van der Waals surface area contributed by atoms with Gasteiger partial charge in [-0.1, -0.05) is 0 Å². The molecule has 0 bridgehead atoms. The number of carbonyl (C=O) groups excluding carboxylic acids is 1. The summed E-state index contributed by atoms with van der Waals surface area (Å²) in [5.41, 5.74) is 1.31. The van der Waals surface area contributed by atoms with Crippen LogP contribution in [0, 0.1) is 5.92 Å². The number of imidazole rings is 1. The molecule has 0 spiro atoms. The van der Waals surface area contributed by atoms with Crippen molar-refractivity contribution in [2.24, 2.45) is 5.92 Å². The van der Waals surface area contributed by atoms with Crippen molar-refractivity contribution in [2.75, 3.05) is 18.0 Å². The van der Waals surface area contributed by atoms with E-state index in [-0.39, 0.29) is 34.2 Å². The van der Waals surface area contributed by atoms with Gasteiger partial charge in [-0.05, 0) is 65.0 Å². The maximum absolute atomic E-state index is 13.1. The molecule has 4 heterocycles. The van der Waals surface area contributed by atoms with E-state index >= 15 is 0 Å². The zero-order valence-corrected chi connectivity index (χ0v) is 18.3. The van der Waals surface area contributed by atoms with E-state index in [0.29, 0.717) is 12.2 Å². The smallest absolute Gasteiger partial charge is 0.226 e. The second-order valence-electron chi connectivity index (χ2n) is 9.71. The molecule has 4 rings (SSSR count). The molecule has 9 heteroatoms. The Bertz CT molecular complexity index is 893. The Labute approximate surface area is 176 Å². The molecule has 2 saturated heterocycles. The van der Waals surface area contributed by atoms with E-state index in [2.05, 4.69) is 63.2 Å². The van der Waals surface area contributed by atoms with Crippen LogP contribution < -0.4 is 15.5 Å². The number of fused-ring (bicyclic) bond motifs is 1. The summed E-state index contributed by atoms with van der Waals surface area (Å²) in [5.74, 6) is 0.782. The van der Waals surface area contributed by atoms with Crippen molar-refractivity contribution >= 4 is 34.5 Å². The van der Waals surface area contributed by atoms with Crippen LogP contribution >= 0.6 is 11.6 Å². The van der Waals surface area contributed by atoms with Crippen LogP contribution in [-0.2, 0) is 4.79 Å². The third-order valence-electron chi connectivity index (χ3n) is 5.87. The molecule has 1 atom stereocenters. The van der Waals surface area contributed by atoms with E-state index in [4.69, 9.17) is 11.6 Å². The predicted molar refractivity (Wildman–Crippen MR) is 114 cm³/mol. The molecular formula is C20H30ClN7O. The molecule has 29 heavy (non-hydrogen) atoms. The number of aromatic nitrogens is 4. The van der Waals surface area contributed by atoms with Gasteiger partial charge in [0.2, 0.25) is 11.2 Å². The number of rotatable bonds is 3. The number of nitrogens with one attached hydrogen (secondary N) is 3. The lowest BCUT2D eigenvalue weighted by Crippen LogP contribution is -2.62. The molecule has 2 aliphatic heterocycles. The minimum Gasteiger partial charge on any atom is -0.354 e. The summed E-state index contributed by atoms with van der Waals surface area (Å²) in [6.45, 7) is 10.2. The van der Waals surface area contributed by atoms with Gasteiger partial charge in [-0.15, -0.1) is 0 Å². The molecule has 2 aromatic heterocycles. The normalized spacial score (nSPS) is 24.6. The average molecular weight is 420 g/mol. The predicted octanol–water partition coefficient (Wildman–Crippen LogP) is 2.65. The van der Waals surface area contributed by atoms with E-state index < -0.39 is 0 Å². The molecule has 0 aliphatic carbocycles. The molecule has 8 nitrogen and oxygen atoms in total. The number of amides is 1. The summed E-state index contributed by atoms with van der Waals surface area (Å²) in [7, 11) is 0. The number of piperidine rings is 2. The van der Waals surface area contributed by atoms with Gasteiger partial charge < -0.3 is 20.5 Å². The van der Waals surface area contributed by atoms with E-state index in [1.807, 2.05) is 0 Å². The first-order valence-electron chi connectivity index (χ1n) is 10.3. The molecule has 1 amide bonds. The number of anilines is 1. The molecular weight excluding hydrogens is 390 g/mol. The SMILES string of the molecule is CC1(C)CC(NC(=O)C2CCCN(c3nc(Cl)nc4nc[nH]c34)C2)CC(C)(C)N1. The fraction of sp³-hybridized carbons (Fsp3) is 0.700. The highest BCUT2D eigenvalue weighted by Crippen LogP contribution is 2.30. The summed E-state index contributed by atoms with van der Waals surface area (Å²) >= 11 is 6.09. The molecule has 0 aromatic carbocycles. The van der Waals surface area contributed by atoms with Gasteiger partial charge in [-0.3, -0.25) is 4.79 Å². The van der Waals surface area contributed by atoms with Gasteiger partial charge in [0.1, 0.15) is 5.52 Å². The number of hydrogen-bond acceptors (Lipinski definition) is 6. The van der Waals surface area contributed by atoms with Gasteiger partial charge in [-0.25, -0.2) is 4.98 Å². The lowest BCUT2D eigenvalue weighted by atomic mass is 9.79. The number of carbonyl (C=O) groups is 1. The minimum atomic E-state index is -0.0726. The van der Waals surface area contributed by atoms with E-state index in [9.17, 15) is 4.79 Å². The zero-order valence-electron chi connectivity index (χ0n) is 17.5. The third kappa shape index (κ3) is 4.48. The number of H-pyrrole nitrogens is 1. The highest BCUT2D eigenvalue weighted by atomic mass is 35.5. The van der Waals surface area contributed by atoms with Crippen LogP contribution in [0.2, 0.25) is 5.28 Å². The van der Waals surface area contributed by atoms with Crippen molar-refractivity contribution in [3.63, 3.8) is 0 Å². The fourth-order valence-electron chi connectivity index (χ4n) is 5.15. The van der Waals surface area contributed by atoms with Gasteiger partial charge >= 0.3 is 0 Å². The van der Waals surface area contributed by atoms with Crippen molar-refractivity contribution < 1.29 is 4.79 Å². The summed E-state index contributed by atoms with van der Waals surface area (Å²) in [6, 6.07) is 0.178. The first-order chi connectivity index (χ1) is 13.6. The largest absolute Gasteiger partial charge is 0.354 e. The molecule has 2 aromatic rings. The summed E-state index contributed by atoms with van der Waals surface area (Å²) in [5, 5.41) is 7.17. The summed E-state index contributed by atoms with van der Waals surface area (Å²) in [6.07, 6.45) is 5.25. The Hall–Kier alpha value is -1.93. The number of halogens is 1. The topological polar surface area (TPSA) is 98.8 Å².